The van der Waals surface area contributed by atoms with Gasteiger partial charge in [-0.3, -0.25) is 4.79 Å². The second-order valence-electron chi connectivity index (χ2n) is 6.04. The maximum absolute atomic E-state index is 12.5. The number of nitrogens with one attached hydrogen (secondary N) is 1. The van der Waals surface area contributed by atoms with Crippen molar-refractivity contribution in [3.63, 3.8) is 0 Å². The molecule has 1 aliphatic rings. The third-order valence-electron chi connectivity index (χ3n) is 4.25. The number of nitrogens with zero attached hydrogens (tertiary/aromatic N) is 1. The molecule has 1 fully saturated rings. The Hall–Kier alpha value is -2.24. The van der Waals surface area contributed by atoms with E-state index in [1.54, 1.807) is 11.8 Å². The van der Waals surface area contributed by atoms with Gasteiger partial charge in [0.05, 0.1) is 18.8 Å². The van der Waals surface area contributed by atoms with Crippen LogP contribution in [0.4, 0.5) is 5.69 Å². The molecule has 4 nitrogen and oxygen atoms in total. The monoisotopic (exact) mass is 368 g/mol. The Labute approximate surface area is 159 Å². The van der Waals surface area contributed by atoms with Crippen LogP contribution < -0.4 is 10.2 Å². The number of carbonyl (C=O) groups is 1. The van der Waals surface area contributed by atoms with Gasteiger partial charge in [-0.1, -0.05) is 30.3 Å². The number of amides is 1. The largest absolute Gasteiger partial charge is 0.378 e. The summed E-state index contributed by atoms with van der Waals surface area (Å²) < 4.78 is 5.39. The Morgan fingerprint density at radius 1 is 1.15 bits per heavy atom. The summed E-state index contributed by atoms with van der Waals surface area (Å²) in [5.41, 5.74) is 3.01. The maximum Gasteiger partial charge on any atom is 0.252 e. The lowest BCUT2D eigenvalue weighted by molar-refractivity contribution is 0.0948. The zero-order valence-electron chi connectivity index (χ0n) is 14.8. The van der Waals surface area contributed by atoms with Crippen LogP contribution in [-0.4, -0.2) is 38.0 Å². The zero-order valence-corrected chi connectivity index (χ0v) is 15.6. The normalized spacial score (nSPS) is 14.1. The van der Waals surface area contributed by atoms with Crippen LogP contribution in [0.25, 0.3) is 0 Å². The quantitative estimate of drug-likeness (QED) is 0.597. The van der Waals surface area contributed by atoms with E-state index in [2.05, 4.69) is 41.1 Å². The van der Waals surface area contributed by atoms with Gasteiger partial charge in [0.1, 0.15) is 0 Å². The number of hydrogen-bond donors (Lipinski definition) is 1. The molecule has 1 aliphatic heterocycles. The molecular formula is C21H24N2O2S. The molecule has 26 heavy (non-hydrogen) atoms. The van der Waals surface area contributed by atoms with Crippen LogP contribution in [0.2, 0.25) is 0 Å². The van der Waals surface area contributed by atoms with Gasteiger partial charge in [0.15, 0.2) is 0 Å². The molecule has 1 heterocycles. The summed E-state index contributed by atoms with van der Waals surface area (Å²) in [6.07, 6.45) is 1.84. The number of rotatable bonds is 7. The van der Waals surface area contributed by atoms with Gasteiger partial charge in [-0.25, -0.2) is 0 Å². The summed E-state index contributed by atoms with van der Waals surface area (Å²) in [6, 6.07) is 16.0. The molecule has 1 saturated heterocycles. The van der Waals surface area contributed by atoms with Crippen molar-refractivity contribution in [1.82, 2.24) is 5.32 Å². The number of hydrogen-bond acceptors (Lipinski definition) is 4. The average Bonchev–Trinajstić information content (AvgIpc) is 2.71. The smallest absolute Gasteiger partial charge is 0.252 e. The minimum atomic E-state index is -0.0468. The fourth-order valence-corrected chi connectivity index (χ4v) is 3.64. The molecule has 2 aromatic carbocycles. The number of thioether (sulfide) groups is 1. The van der Waals surface area contributed by atoms with E-state index in [4.69, 9.17) is 4.74 Å². The highest BCUT2D eigenvalue weighted by Gasteiger charge is 2.12. The van der Waals surface area contributed by atoms with Gasteiger partial charge in [-0.15, -0.1) is 18.3 Å². The van der Waals surface area contributed by atoms with Crippen LogP contribution in [0.15, 0.2) is 66.1 Å². The highest BCUT2D eigenvalue weighted by molar-refractivity contribution is 7.99. The summed E-state index contributed by atoms with van der Waals surface area (Å²) in [6.45, 7) is 7.66. The molecule has 1 amide bonds. The van der Waals surface area contributed by atoms with Crippen molar-refractivity contribution in [1.29, 1.82) is 0 Å². The summed E-state index contributed by atoms with van der Waals surface area (Å²) in [7, 11) is 0. The molecular weight excluding hydrogens is 344 g/mol. The summed E-state index contributed by atoms with van der Waals surface area (Å²) in [4.78, 5) is 15.8. The van der Waals surface area contributed by atoms with Gasteiger partial charge in [-0.2, -0.15) is 0 Å². The van der Waals surface area contributed by atoms with E-state index in [0.29, 0.717) is 12.1 Å². The van der Waals surface area contributed by atoms with Crippen LogP contribution >= 0.6 is 11.8 Å². The van der Waals surface area contributed by atoms with Crippen LogP contribution in [0, 0.1) is 0 Å². The molecule has 5 heteroatoms. The van der Waals surface area contributed by atoms with Gasteiger partial charge in [0, 0.05) is 36.0 Å². The van der Waals surface area contributed by atoms with E-state index in [-0.39, 0.29) is 5.91 Å². The lowest BCUT2D eigenvalue weighted by Crippen LogP contribution is -2.36. The molecule has 0 atom stereocenters. The molecule has 0 radical (unpaired) electrons. The predicted octanol–water partition coefficient (Wildman–Crippen LogP) is 3.73. The Kier molecular flexibility index (Phi) is 6.75. The van der Waals surface area contributed by atoms with Gasteiger partial charge in [0.2, 0.25) is 0 Å². The third kappa shape index (κ3) is 4.90. The van der Waals surface area contributed by atoms with Crippen LogP contribution in [-0.2, 0) is 11.3 Å². The Morgan fingerprint density at radius 3 is 2.62 bits per heavy atom. The van der Waals surface area contributed by atoms with E-state index < -0.39 is 0 Å². The maximum atomic E-state index is 12.5. The van der Waals surface area contributed by atoms with E-state index in [1.807, 2.05) is 30.3 Å². The van der Waals surface area contributed by atoms with E-state index in [9.17, 15) is 4.79 Å². The summed E-state index contributed by atoms with van der Waals surface area (Å²) >= 11 is 1.62. The van der Waals surface area contributed by atoms with Crippen molar-refractivity contribution in [2.24, 2.45) is 0 Å². The van der Waals surface area contributed by atoms with Crippen molar-refractivity contribution >= 4 is 23.4 Å². The second-order valence-corrected chi connectivity index (χ2v) is 7.11. The van der Waals surface area contributed by atoms with Gasteiger partial charge >= 0.3 is 0 Å². The third-order valence-corrected chi connectivity index (χ3v) is 5.32. The second kappa shape index (κ2) is 9.46. The van der Waals surface area contributed by atoms with Crippen LogP contribution in [0.5, 0.6) is 0 Å². The Balaban J connectivity index is 1.58. The molecule has 0 saturated carbocycles. The number of morpholine rings is 1. The standard InChI is InChI=1S/C21H24N2O2S/c1-2-15-26-20-6-4-3-5-19(20)21(24)22-16-17-7-9-18(10-8-17)23-11-13-25-14-12-23/h2-10H,1,11-16H2,(H,22,24). The van der Waals surface area contributed by atoms with Crippen LogP contribution in [0.1, 0.15) is 15.9 Å². The highest BCUT2D eigenvalue weighted by atomic mass is 32.2. The molecule has 1 N–H and O–H groups in total. The first-order chi connectivity index (χ1) is 12.8. The predicted molar refractivity (Wildman–Crippen MR) is 108 cm³/mol. The lowest BCUT2D eigenvalue weighted by Gasteiger charge is -2.28. The molecule has 136 valence electrons. The Morgan fingerprint density at radius 2 is 1.88 bits per heavy atom. The van der Waals surface area contributed by atoms with Gasteiger partial charge in [0.25, 0.3) is 5.91 Å². The first kappa shape index (κ1) is 18.5. The first-order valence-corrected chi connectivity index (χ1v) is 9.79. The van der Waals surface area contributed by atoms with Crippen molar-refractivity contribution in [3.8, 4) is 0 Å². The molecule has 0 unspecified atom stereocenters. The molecule has 0 aromatic heterocycles. The number of ether oxygens (including phenoxy) is 1. The van der Waals surface area contributed by atoms with Crippen molar-refractivity contribution in [2.45, 2.75) is 11.4 Å². The van der Waals surface area contributed by atoms with Crippen LogP contribution in [0.3, 0.4) is 0 Å². The van der Waals surface area contributed by atoms with E-state index in [0.717, 1.165) is 42.5 Å². The van der Waals surface area contributed by atoms with Crippen molar-refractivity contribution in [3.05, 3.63) is 72.3 Å². The topological polar surface area (TPSA) is 41.6 Å². The van der Waals surface area contributed by atoms with Crippen molar-refractivity contribution < 1.29 is 9.53 Å². The van der Waals surface area contributed by atoms with Gasteiger partial charge < -0.3 is 15.0 Å². The van der Waals surface area contributed by atoms with Crippen molar-refractivity contribution in [2.75, 3.05) is 37.0 Å². The lowest BCUT2D eigenvalue weighted by atomic mass is 10.1. The SMILES string of the molecule is C=CCSc1ccccc1C(=O)NCc1ccc(N2CCOCC2)cc1. The average molecular weight is 369 g/mol. The molecule has 0 spiro atoms. The summed E-state index contributed by atoms with van der Waals surface area (Å²) in [5.74, 6) is 0.738. The fourth-order valence-electron chi connectivity index (χ4n) is 2.85. The zero-order chi connectivity index (χ0) is 18.2. The number of anilines is 1. The fraction of sp³-hybridized carbons (Fsp3) is 0.286. The highest BCUT2D eigenvalue weighted by Crippen LogP contribution is 2.23. The number of carbonyl (C=O) groups excluding carboxylic acids is 1. The molecule has 0 aliphatic carbocycles. The molecule has 2 aromatic rings. The summed E-state index contributed by atoms with van der Waals surface area (Å²) in [5, 5.41) is 3.02. The minimum Gasteiger partial charge on any atom is -0.378 e. The van der Waals surface area contributed by atoms with E-state index in [1.165, 1.54) is 5.69 Å². The Bertz CT molecular complexity index is 740. The first-order valence-electron chi connectivity index (χ1n) is 8.80. The van der Waals surface area contributed by atoms with Gasteiger partial charge in [-0.05, 0) is 29.8 Å². The number of benzene rings is 2. The molecule has 0 bridgehead atoms. The molecule has 3 rings (SSSR count). The minimum absolute atomic E-state index is 0.0468. The van der Waals surface area contributed by atoms with E-state index >= 15 is 0 Å².